The lowest BCUT2D eigenvalue weighted by Crippen LogP contribution is -2.25. The lowest BCUT2D eigenvalue weighted by molar-refractivity contribution is -0.112. The molecular weight excluding hydrogens is 326 g/mol. The van der Waals surface area contributed by atoms with Gasteiger partial charge in [-0.05, 0) is 31.0 Å². The first-order chi connectivity index (χ1) is 11.6. The molecule has 2 rings (SSSR count). The summed E-state index contributed by atoms with van der Waals surface area (Å²) in [5.74, 6) is 0.000885. The predicted octanol–water partition coefficient (Wildman–Crippen LogP) is 4.01. The molecule has 6 heteroatoms. The molecule has 24 heavy (non-hydrogen) atoms. The minimum absolute atomic E-state index is 0.0290. The number of amides is 1. The Kier molecular flexibility index (Phi) is 6.95. The molecule has 5 nitrogen and oxygen atoms in total. The number of nitriles is 1. The summed E-state index contributed by atoms with van der Waals surface area (Å²) in [5.41, 5.74) is 0.465. The van der Waals surface area contributed by atoms with Gasteiger partial charge in [0.15, 0.2) is 0 Å². The Labute approximate surface area is 147 Å². The molecule has 1 aromatic rings. The van der Waals surface area contributed by atoms with Crippen LogP contribution in [-0.2, 0) is 4.79 Å². The van der Waals surface area contributed by atoms with Gasteiger partial charge >= 0.3 is 0 Å². The SMILES string of the molecule is COc1ccc(Cl)cc1NC(=O)/C(C#N)=C\NC1CCCCCC1. The second kappa shape index (κ2) is 9.19. The number of carbonyl (C=O) groups is 1. The monoisotopic (exact) mass is 347 g/mol. The van der Waals surface area contributed by atoms with Gasteiger partial charge in [0.25, 0.3) is 5.91 Å². The first-order valence-electron chi connectivity index (χ1n) is 8.15. The van der Waals surface area contributed by atoms with Crippen LogP contribution in [-0.4, -0.2) is 19.1 Å². The molecule has 1 saturated carbocycles. The first-order valence-corrected chi connectivity index (χ1v) is 8.53. The van der Waals surface area contributed by atoms with E-state index in [-0.39, 0.29) is 5.57 Å². The molecule has 0 spiro atoms. The molecule has 0 atom stereocenters. The summed E-state index contributed by atoms with van der Waals surface area (Å²) in [6, 6.07) is 7.19. The van der Waals surface area contributed by atoms with Crippen molar-refractivity contribution in [3.63, 3.8) is 0 Å². The average Bonchev–Trinajstić information content (AvgIpc) is 2.84. The molecule has 1 amide bonds. The Morgan fingerprint density at radius 1 is 1.33 bits per heavy atom. The fourth-order valence-electron chi connectivity index (χ4n) is 2.76. The summed E-state index contributed by atoms with van der Waals surface area (Å²) in [6.07, 6.45) is 8.52. The normalized spacial score (nSPS) is 16.0. The number of nitrogens with one attached hydrogen (secondary N) is 2. The van der Waals surface area contributed by atoms with Gasteiger partial charge in [-0.15, -0.1) is 0 Å². The van der Waals surface area contributed by atoms with Gasteiger partial charge < -0.3 is 15.4 Å². The highest BCUT2D eigenvalue weighted by Crippen LogP contribution is 2.28. The van der Waals surface area contributed by atoms with Gasteiger partial charge in [0.1, 0.15) is 17.4 Å². The van der Waals surface area contributed by atoms with Crippen molar-refractivity contribution in [2.75, 3.05) is 12.4 Å². The Balaban J connectivity index is 2.04. The maximum atomic E-state index is 12.3. The lowest BCUT2D eigenvalue weighted by Gasteiger charge is -2.15. The zero-order chi connectivity index (χ0) is 17.4. The number of carbonyl (C=O) groups excluding carboxylic acids is 1. The molecule has 1 aliphatic rings. The van der Waals surface area contributed by atoms with Crippen molar-refractivity contribution in [2.24, 2.45) is 0 Å². The Morgan fingerprint density at radius 2 is 2.04 bits per heavy atom. The quantitative estimate of drug-likeness (QED) is 0.479. The average molecular weight is 348 g/mol. The van der Waals surface area contributed by atoms with Crippen molar-refractivity contribution in [1.29, 1.82) is 5.26 Å². The van der Waals surface area contributed by atoms with Crippen LogP contribution in [0.3, 0.4) is 0 Å². The lowest BCUT2D eigenvalue weighted by atomic mass is 10.1. The third kappa shape index (κ3) is 5.17. The van der Waals surface area contributed by atoms with Gasteiger partial charge in [-0.3, -0.25) is 4.79 Å². The molecule has 2 N–H and O–H groups in total. The summed E-state index contributed by atoms with van der Waals surface area (Å²) in [4.78, 5) is 12.3. The van der Waals surface area contributed by atoms with E-state index >= 15 is 0 Å². The smallest absolute Gasteiger partial charge is 0.267 e. The van der Waals surface area contributed by atoms with Gasteiger partial charge in [-0.2, -0.15) is 5.26 Å². The molecule has 1 fully saturated rings. The molecule has 0 bridgehead atoms. The topological polar surface area (TPSA) is 74.1 Å². The number of anilines is 1. The van der Waals surface area contributed by atoms with Gasteiger partial charge in [-0.1, -0.05) is 37.3 Å². The molecule has 128 valence electrons. The standard InChI is InChI=1S/C18H22ClN3O2/c1-24-17-9-8-14(19)10-16(17)22-18(23)13(11-20)12-21-15-6-4-2-3-5-7-15/h8-10,12,15,21H,2-7H2,1H3,(H,22,23)/b13-12-. The minimum Gasteiger partial charge on any atom is -0.495 e. The highest BCUT2D eigenvalue weighted by Gasteiger charge is 2.15. The van der Waals surface area contributed by atoms with Crippen LogP contribution in [0.5, 0.6) is 5.75 Å². The number of hydrogen-bond acceptors (Lipinski definition) is 4. The van der Waals surface area contributed by atoms with Crippen molar-refractivity contribution in [2.45, 2.75) is 44.6 Å². The van der Waals surface area contributed by atoms with E-state index in [4.69, 9.17) is 16.3 Å². The van der Waals surface area contributed by atoms with Gasteiger partial charge in [0, 0.05) is 17.3 Å². The summed E-state index contributed by atoms with van der Waals surface area (Å²) in [7, 11) is 1.51. The van der Waals surface area contributed by atoms with Crippen molar-refractivity contribution < 1.29 is 9.53 Å². The highest BCUT2D eigenvalue weighted by molar-refractivity contribution is 6.31. The number of benzene rings is 1. The third-order valence-electron chi connectivity index (χ3n) is 4.09. The number of methoxy groups -OCH3 is 1. The van der Waals surface area contributed by atoms with E-state index in [9.17, 15) is 10.1 Å². The molecule has 1 aromatic carbocycles. The van der Waals surface area contributed by atoms with E-state index in [1.54, 1.807) is 18.2 Å². The van der Waals surface area contributed by atoms with E-state index in [0.717, 1.165) is 12.8 Å². The van der Waals surface area contributed by atoms with Gasteiger partial charge in [-0.25, -0.2) is 0 Å². The van der Waals surface area contributed by atoms with E-state index in [1.165, 1.54) is 39.0 Å². The molecule has 0 heterocycles. The zero-order valence-corrected chi connectivity index (χ0v) is 14.5. The van der Waals surface area contributed by atoms with E-state index in [2.05, 4.69) is 10.6 Å². The van der Waals surface area contributed by atoms with Crippen LogP contribution < -0.4 is 15.4 Å². The number of nitrogens with zero attached hydrogens (tertiary/aromatic N) is 1. The summed E-state index contributed by atoms with van der Waals surface area (Å²) >= 11 is 5.95. The highest BCUT2D eigenvalue weighted by atomic mass is 35.5. The second-order valence-corrected chi connectivity index (χ2v) is 6.26. The third-order valence-corrected chi connectivity index (χ3v) is 4.33. The number of rotatable bonds is 5. The minimum atomic E-state index is -0.487. The van der Waals surface area contributed by atoms with Crippen LogP contribution in [0.4, 0.5) is 5.69 Å². The van der Waals surface area contributed by atoms with Crippen LogP contribution in [0.1, 0.15) is 38.5 Å². The largest absolute Gasteiger partial charge is 0.495 e. The number of hydrogen-bond donors (Lipinski definition) is 2. The van der Waals surface area contributed by atoms with E-state index < -0.39 is 5.91 Å². The fourth-order valence-corrected chi connectivity index (χ4v) is 2.94. The van der Waals surface area contributed by atoms with Crippen molar-refractivity contribution >= 4 is 23.2 Å². The second-order valence-electron chi connectivity index (χ2n) is 5.82. The van der Waals surface area contributed by atoms with Crippen molar-refractivity contribution in [3.05, 3.63) is 35.0 Å². The molecule has 0 unspecified atom stereocenters. The summed E-state index contributed by atoms with van der Waals surface area (Å²) in [5, 5.41) is 15.6. The molecule has 0 saturated heterocycles. The molecule has 1 aliphatic carbocycles. The Morgan fingerprint density at radius 3 is 2.67 bits per heavy atom. The maximum Gasteiger partial charge on any atom is 0.267 e. The van der Waals surface area contributed by atoms with E-state index in [0.29, 0.717) is 22.5 Å². The summed E-state index contributed by atoms with van der Waals surface area (Å²) < 4.78 is 5.19. The van der Waals surface area contributed by atoms with Crippen LogP contribution in [0.25, 0.3) is 0 Å². The molecule has 0 aliphatic heterocycles. The Hall–Kier alpha value is -2.19. The molecular formula is C18H22ClN3O2. The first kappa shape index (κ1) is 18.2. The van der Waals surface area contributed by atoms with Crippen LogP contribution in [0, 0.1) is 11.3 Å². The van der Waals surface area contributed by atoms with E-state index in [1.807, 2.05) is 6.07 Å². The number of ether oxygens (including phenoxy) is 1. The van der Waals surface area contributed by atoms with Crippen molar-refractivity contribution in [3.8, 4) is 11.8 Å². The van der Waals surface area contributed by atoms with Crippen molar-refractivity contribution in [1.82, 2.24) is 5.32 Å². The summed E-state index contributed by atoms with van der Waals surface area (Å²) in [6.45, 7) is 0. The Bertz CT molecular complexity index is 644. The fraction of sp³-hybridized carbons (Fsp3) is 0.444. The van der Waals surface area contributed by atoms with Crippen LogP contribution >= 0.6 is 11.6 Å². The van der Waals surface area contributed by atoms with Crippen LogP contribution in [0.2, 0.25) is 5.02 Å². The van der Waals surface area contributed by atoms with Gasteiger partial charge in [0.05, 0.1) is 12.8 Å². The van der Waals surface area contributed by atoms with Crippen LogP contribution in [0.15, 0.2) is 30.0 Å². The zero-order valence-electron chi connectivity index (χ0n) is 13.8. The molecule has 0 aromatic heterocycles. The molecule has 0 radical (unpaired) electrons. The van der Waals surface area contributed by atoms with Gasteiger partial charge in [0.2, 0.25) is 0 Å². The predicted molar refractivity (Wildman–Crippen MR) is 95.0 cm³/mol. The maximum absolute atomic E-state index is 12.3. The number of halogens is 1.